The number of Topliss-reactive ketones (excluding diaryl/α,β-unsaturated/α-hetero) is 1. The van der Waals surface area contributed by atoms with E-state index in [4.69, 9.17) is 0 Å². The van der Waals surface area contributed by atoms with Crippen LogP contribution in [0.15, 0.2) is 24.3 Å². The summed E-state index contributed by atoms with van der Waals surface area (Å²) in [7, 11) is 1.78. The van der Waals surface area contributed by atoms with Crippen LogP contribution in [0.5, 0.6) is 0 Å². The van der Waals surface area contributed by atoms with E-state index in [1.165, 1.54) is 6.92 Å². The van der Waals surface area contributed by atoms with Crippen molar-refractivity contribution in [2.24, 2.45) is 0 Å². The van der Waals surface area contributed by atoms with Crippen LogP contribution in [-0.2, 0) is 0 Å². The number of hydrogen-bond acceptors (Lipinski definition) is 2. The van der Waals surface area contributed by atoms with Crippen LogP contribution >= 0.6 is 0 Å². The molecule has 1 heterocycles. The van der Waals surface area contributed by atoms with Crippen LogP contribution in [0.1, 0.15) is 17.3 Å². The van der Waals surface area contributed by atoms with Crippen molar-refractivity contribution in [2.75, 3.05) is 25.0 Å². The SMILES string of the molecule is CC(=O)c1ccc(N2CCN(C)C2=O)cc1. The first-order valence-electron chi connectivity index (χ1n) is 5.23. The molecule has 4 heteroatoms. The topological polar surface area (TPSA) is 40.6 Å². The number of nitrogens with zero attached hydrogens (tertiary/aromatic N) is 2. The third-order valence-corrected chi connectivity index (χ3v) is 2.80. The van der Waals surface area contributed by atoms with E-state index >= 15 is 0 Å². The lowest BCUT2D eigenvalue weighted by Gasteiger charge is -2.16. The lowest BCUT2D eigenvalue weighted by molar-refractivity contribution is 0.101. The summed E-state index contributed by atoms with van der Waals surface area (Å²) in [6.45, 7) is 2.98. The molecule has 0 spiro atoms. The average molecular weight is 218 g/mol. The summed E-state index contributed by atoms with van der Waals surface area (Å²) in [5.74, 6) is 0.0383. The Morgan fingerprint density at radius 3 is 2.25 bits per heavy atom. The van der Waals surface area contributed by atoms with Gasteiger partial charge in [-0.1, -0.05) is 0 Å². The van der Waals surface area contributed by atoms with Gasteiger partial charge < -0.3 is 4.90 Å². The van der Waals surface area contributed by atoms with Gasteiger partial charge in [-0.3, -0.25) is 9.69 Å². The van der Waals surface area contributed by atoms with Gasteiger partial charge in [0, 0.05) is 31.4 Å². The Kier molecular flexibility index (Phi) is 2.64. The first kappa shape index (κ1) is 10.7. The minimum atomic E-state index is 0.00979. The van der Waals surface area contributed by atoms with Gasteiger partial charge in [-0.05, 0) is 31.2 Å². The third kappa shape index (κ3) is 1.78. The molecule has 0 radical (unpaired) electrons. The fourth-order valence-corrected chi connectivity index (χ4v) is 1.76. The van der Waals surface area contributed by atoms with Crippen LogP contribution in [-0.4, -0.2) is 36.9 Å². The predicted molar refractivity (Wildman–Crippen MR) is 61.8 cm³/mol. The number of anilines is 1. The fraction of sp³-hybridized carbons (Fsp3) is 0.333. The van der Waals surface area contributed by atoms with Crippen molar-refractivity contribution in [3.05, 3.63) is 29.8 Å². The van der Waals surface area contributed by atoms with E-state index in [0.717, 1.165) is 12.2 Å². The zero-order valence-electron chi connectivity index (χ0n) is 9.43. The Morgan fingerprint density at radius 1 is 1.19 bits per heavy atom. The minimum absolute atomic E-state index is 0.00979. The van der Waals surface area contributed by atoms with Gasteiger partial charge in [0.15, 0.2) is 5.78 Å². The maximum atomic E-state index is 11.7. The lowest BCUT2D eigenvalue weighted by Crippen LogP contribution is -2.29. The number of ketones is 1. The standard InChI is InChI=1S/C12H14N2O2/c1-9(15)10-3-5-11(6-4-10)14-8-7-13(2)12(14)16/h3-6H,7-8H2,1-2H3. The Bertz CT molecular complexity index is 425. The van der Waals surface area contributed by atoms with Gasteiger partial charge in [0.25, 0.3) is 0 Å². The molecule has 1 saturated heterocycles. The molecular formula is C12H14N2O2. The fourth-order valence-electron chi connectivity index (χ4n) is 1.76. The summed E-state index contributed by atoms with van der Waals surface area (Å²) in [5.41, 5.74) is 1.52. The lowest BCUT2D eigenvalue weighted by atomic mass is 10.1. The zero-order valence-corrected chi connectivity index (χ0v) is 9.43. The van der Waals surface area contributed by atoms with Crippen molar-refractivity contribution in [3.63, 3.8) is 0 Å². The van der Waals surface area contributed by atoms with Crippen molar-refractivity contribution in [3.8, 4) is 0 Å². The summed E-state index contributed by atoms with van der Waals surface area (Å²) in [4.78, 5) is 26.2. The molecule has 0 bridgehead atoms. The summed E-state index contributed by atoms with van der Waals surface area (Å²) in [6, 6.07) is 7.14. The van der Waals surface area contributed by atoms with E-state index < -0.39 is 0 Å². The Labute approximate surface area is 94.5 Å². The van der Waals surface area contributed by atoms with Crippen molar-refractivity contribution < 1.29 is 9.59 Å². The molecule has 0 aliphatic carbocycles. The van der Waals surface area contributed by atoms with Crippen molar-refractivity contribution in [2.45, 2.75) is 6.92 Å². The van der Waals surface area contributed by atoms with E-state index in [0.29, 0.717) is 12.1 Å². The van der Waals surface area contributed by atoms with Crippen molar-refractivity contribution >= 4 is 17.5 Å². The highest BCUT2D eigenvalue weighted by Crippen LogP contribution is 2.20. The monoisotopic (exact) mass is 218 g/mol. The molecular weight excluding hydrogens is 204 g/mol. The number of urea groups is 1. The zero-order chi connectivity index (χ0) is 11.7. The summed E-state index contributed by atoms with van der Waals surface area (Å²) in [6.07, 6.45) is 0. The Morgan fingerprint density at radius 2 is 1.81 bits per heavy atom. The smallest absolute Gasteiger partial charge is 0.324 e. The van der Waals surface area contributed by atoms with Crippen LogP contribution in [0.4, 0.5) is 10.5 Å². The molecule has 1 aromatic rings. The maximum Gasteiger partial charge on any atom is 0.324 e. The van der Waals surface area contributed by atoms with Gasteiger partial charge in [-0.2, -0.15) is 0 Å². The molecule has 84 valence electrons. The molecule has 0 aromatic heterocycles. The third-order valence-electron chi connectivity index (χ3n) is 2.80. The predicted octanol–water partition coefficient (Wildman–Crippen LogP) is 1.76. The molecule has 1 aliphatic rings. The second-order valence-corrected chi connectivity index (χ2v) is 3.96. The maximum absolute atomic E-state index is 11.7. The van der Waals surface area contributed by atoms with Gasteiger partial charge in [-0.25, -0.2) is 4.79 Å². The number of carbonyl (C=O) groups excluding carboxylic acids is 2. The molecule has 2 rings (SSSR count). The first-order valence-corrected chi connectivity index (χ1v) is 5.23. The number of benzene rings is 1. The number of likely N-dealkylation sites (N-methyl/N-ethyl adjacent to an activating group) is 1. The second-order valence-electron chi connectivity index (χ2n) is 3.96. The molecule has 16 heavy (non-hydrogen) atoms. The molecule has 1 aliphatic heterocycles. The van der Waals surface area contributed by atoms with Crippen LogP contribution in [0, 0.1) is 0 Å². The Balaban J connectivity index is 2.22. The van der Waals surface area contributed by atoms with Crippen LogP contribution in [0.3, 0.4) is 0 Å². The van der Waals surface area contributed by atoms with Crippen LogP contribution in [0.2, 0.25) is 0 Å². The molecule has 0 N–H and O–H groups in total. The summed E-state index contributed by atoms with van der Waals surface area (Å²) in [5, 5.41) is 0. The number of carbonyl (C=O) groups is 2. The summed E-state index contributed by atoms with van der Waals surface area (Å²) < 4.78 is 0. The summed E-state index contributed by atoms with van der Waals surface area (Å²) >= 11 is 0. The molecule has 0 saturated carbocycles. The molecule has 4 nitrogen and oxygen atoms in total. The minimum Gasteiger partial charge on any atom is -0.326 e. The van der Waals surface area contributed by atoms with Crippen molar-refractivity contribution in [1.29, 1.82) is 0 Å². The van der Waals surface area contributed by atoms with E-state index in [1.807, 2.05) is 12.1 Å². The second kappa shape index (κ2) is 3.96. The van der Waals surface area contributed by atoms with E-state index in [-0.39, 0.29) is 11.8 Å². The highest BCUT2D eigenvalue weighted by Gasteiger charge is 2.26. The first-order chi connectivity index (χ1) is 7.59. The van der Waals surface area contributed by atoms with Crippen LogP contribution in [0.25, 0.3) is 0 Å². The van der Waals surface area contributed by atoms with Crippen LogP contribution < -0.4 is 4.90 Å². The number of amides is 2. The molecule has 1 aromatic carbocycles. The number of rotatable bonds is 2. The Hall–Kier alpha value is -1.84. The number of hydrogen-bond donors (Lipinski definition) is 0. The van der Waals surface area contributed by atoms with Gasteiger partial charge in [0.05, 0.1) is 0 Å². The van der Waals surface area contributed by atoms with E-state index in [9.17, 15) is 9.59 Å². The molecule has 1 fully saturated rings. The molecule has 0 unspecified atom stereocenters. The van der Waals surface area contributed by atoms with Gasteiger partial charge in [0.1, 0.15) is 0 Å². The van der Waals surface area contributed by atoms with Gasteiger partial charge >= 0.3 is 6.03 Å². The molecule has 2 amide bonds. The van der Waals surface area contributed by atoms with Gasteiger partial charge in [-0.15, -0.1) is 0 Å². The highest BCUT2D eigenvalue weighted by atomic mass is 16.2. The van der Waals surface area contributed by atoms with E-state index in [1.54, 1.807) is 29.0 Å². The molecule has 0 atom stereocenters. The normalized spacial score (nSPS) is 15.8. The van der Waals surface area contributed by atoms with E-state index in [2.05, 4.69) is 0 Å². The van der Waals surface area contributed by atoms with Gasteiger partial charge in [0.2, 0.25) is 0 Å². The van der Waals surface area contributed by atoms with Crippen molar-refractivity contribution in [1.82, 2.24) is 4.90 Å². The highest BCUT2D eigenvalue weighted by molar-refractivity contribution is 5.96. The average Bonchev–Trinajstić information content (AvgIpc) is 2.60. The largest absolute Gasteiger partial charge is 0.326 e. The quantitative estimate of drug-likeness (QED) is 0.710.